The first-order valence-electron chi connectivity index (χ1n) is 14.9. The van der Waals surface area contributed by atoms with Gasteiger partial charge in [0.05, 0.1) is 6.61 Å². The summed E-state index contributed by atoms with van der Waals surface area (Å²) < 4.78 is 33.4. The van der Waals surface area contributed by atoms with Gasteiger partial charge >= 0.3 is 29.8 Å². The van der Waals surface area contributed by atoms with Gasteiger partial charge in [0, 0.05) is 32.1 Å². The lowest BCUT2D eigenvalue weighted by Gasteiger charge is -2.40. The molecule has 2 rings (SSSR count). The van der Waals surface area contributed by atoms with Crippen molar-refractivity contribution in [3.8, 4) is 5.75 Å². The quantitative estimate of drug-likeness (QED) is 0.165. The van der Waals surface area contributed by atoms with Gasteiger partial charge in [0.15, 0.2) is 12.2 Å². The Morgan fingerprint density at radius 1 is 0.744 bits per heavy atom. The highest BCUT2D eigenvalue weighted by atomic mass is 16.7. The molecule has 0 spiro atoms. The summed E-state index contributed by atoms with van der Waals surface area (Å²) in [6, 6.07) is 6.57. The summed E-state index contributed by atoms with van der Waals surface area (Å²) in [4.78, 5) is 62.5. The molecule has 2 N–H and O–H groups in total. The number of esters is 5. The standard InChI is InChI=1S/C31H45NO11/c1-6-10-23(33)39-21-16-14-20(15-17-21)18-31(5,32)30(37)43-29-28(42-26(36)13-9-4)27(41-25(35)12-8-3)22(19-38-29)40-24(34)11-7-2/h14-17,22,27-29H,6-13,18-19,32H2,1-5H3/t22?,27-,28+,29-,31?/m0/s1. The van der Waals surface area contributed by atoms with Crippen molar-refractivity contribution in [3.05, 3.63) is 29.8 Å². The predicted molar refractivity (Wildman–Crippen MR) is 153 cm³/mol. The number of nitrogens with two attached hydrogens (primary N) is 1. The van der Waals surface area contributed by atoms with Gasteiger partial charge in [-0.25, -0.2) is 4.79 Å². The second kappa shape index (κ2) is 17.6. The van der Waals surface area contributed by atoms with Gasteiger partial charge in [-0.2, -0.15) is 0 Å². The van der Waals surface area contributed by atoms with E-state index in [-0.39, 0.29) is 38.3 Å². The molecule has 12 nitrogen and oxygen atoms in total. The molecule has 2 unspecified atom stereocenters. The monoisotopic (exact) mass is 607 g/mol. The third kappa shape index (κ3) is 11.6. The topological polar surface area (TPSA) is 167 Å². The average molecular weight is 608 g/mol. The molecule has 1 fully saturated rings. The van der Waals surface area contributed by atoms with E-state index in [0.29, 0.717) is 43.4 Å². The summed E-state index contributed by atoms with van der Waals surface area (Å²) in [5.74, 6) is -2.61. The van der Waals surface area contributed by atoms with E-state index in [0.717, 1.165) is 0 Å². The molecule has 0 saturated carbocycles. The molecule has 1 heterocycles. The van der Waals surface area contributed by atoms with Crippen molar-refractivity contribution in [2.45, 2.75) is 123 Å². The summed E-state index contributed by atoms with van der Waals surface area (Å²) in [7, 11) is 0. The molecule has 0 aliphatic carbocycles. The van der Waals surface area contributed by atoms with Gasteiger partial charge in [-0.3, -0.25) is 19.2 Å². The molecule has 1 aromatic rings. The largest absolute Gasteiger partial charge is 0.456 e. The maximum atomic E-state index is 13.3. The maximum Gasteiger partial charge on any atom is 0.328 e. The lowest BCUT2D eigenvalue weighted by molar-refractivity contribution is -0.277. The fourth-order valence-electron chi connectivity index (χ4n) is 4.27. The summed E-state index contributed by atoms with van der Waals surface area (Å²) in [6.45, 7) is 8.45. The van der Waals surface area contributed by atoms with Crippen LogP contribution in [0.1, 0.15) is 91.5 Å². The molecule has 5 atom stereocenters. The van der Waals surface area contributed by atoms with Crippen LogP contribution in [0.3, 0.4) is 0 Å². The van der Waals surface area contributed by atoms with Gasteiger partial charge in [-0.05, 0) is 50.3 Å². The van der Waals surface area contributed by atoms with Gasteiger partial charge in [-0.15, -0.1) is 0 Å². The summed E-state index contributed by atoms with van der Waals surface area (Å²) >= 11 is 0. The van der Waals surface area contributed by atoms with Gasteiger partial charge in [0.1, 0.15) is 11.3 Å². The van der Waals surface area contributed by atoms with Crippen molar-refractivity contribution in [3.63, 3.8) is 0 Å². The van der Waals surface area contributed by atoms with E-state index in [4.69, 9.17) is 34.2 Å². The van der Waals surface area contributed by atoms with E-state index in [2.05, 4.69) is 0 Å². The zero-order valence-electron chi connectivity index (χ0n) is 25.8. The Balaban J connectivity index is 2.25. The van der Waals surface area contributed by atoms with Crippen molar-refractivity contribution in [2.24, 2.45) is 5.73 Å². The Morgan fingerprint density at radius 2 is 1.23 bits per heavy atom. The van der Waals surface area contributed by atoms with E-state index < -0.39 is 54.0 Å². The first kappa shape index (κ1) is 35.7. The third-order valence-corrected chi connectivity index (χ3v) is 6.43. The minimum absolute atomic E-state index is 0.0471. The highest BCUT2D eigenvalue weighted by Gasteiger charge is 2.50. The van der Waals surface area contributed by atoms with Crippen LogP contribution in [0.2, 0.25) is 0 Å². The number of hydrogen-bond acceptors (Lipinski definition) is 12. The number of rotatable bonds is 16. The zero-order valence-corrected chi connectivity index (χ0v) is 25.8. The molecular formula is C31H45NO11. The predicted octanol–water partition coefficient (Wildman–Crippen LogP) is 3.69. The maximum absolute atomic E-state index is 13.3. The molecule has 12 heteroatoms. The second-order valence-electron chi connectivity index (χ2n) is 10.8. The highest BCUT2D eigenvalue weighted by Crippen LogP contribution is 2.28. The summed E-state index contributed by atoms with van der Waals surface area (Å²) in [5.41, 5.74) is 5.48. The Kier molecular flexibility index (Phi) is 14.6. The van der Waals surface area contributed by atoms with Crippen molar-refractivity contribution in [1.29, 1.82) is 0 Å². The number of hydrogen-bond donors (Lipinski definition) is 1. The minimum Gasteiger partial charge on any atom is -0.456 e. The first-order valence-corrected chi connectivity index (χ1v) is 14.9. The minimum atomic E-state index is -1.55. The molecule has 0 amide bonds. The summed E-state index contributed by atoms with van der Waals surface area (Å²) in [6.07, 6.45) is -2.51. The number of carbonyl (C=O) groups excluding carboxylic acids is 5. The molecule has 0 radical (unpaired) electrons. The fraction of sp³-hybridized carbons (Fsp3) is 0.645. The Bertz CT molecular complexity index is 1090. The van der Waals surface area contributed by atoms with Gasteiger partial charge < -0.3 is 34.2 Å². The molecule has 240 valence electrons. The van der Waals surface area contributed by atoms with Crippen LogP contribution in [-0.4, -0.2) is 66.6 Å². The van der Waals surface area contributed by atoms with E-state index >= 15 is 0 Å². The molecule has 43 heavy (non-hydrogen) atoms. The van der Waals surface area contributed by atoms with E-state index in [1.54, 1.807) is 38.1 Å². The Morgan fingerprint density at radius 3 is 1.77 bits per heavy atom. The third-order valence-electron chi connectivity index (χ3n) is 6.43. The van der Waals surface area contributed by atoms with Crippen LogP contribution in [0.4, 0.5) is 0 Å². The number of carbonyl (C=O) groups is 5. The smallest absolute Gasteiger partial charge is 0.328 e. The van der Waals surface area contributed by atoms with Crippen LogP contribution in [0.25, 0.3) is 0 Å². The van der Waals surface area contributed by atoms with Gasteiger partial charge in [-0.1, -0.05) is 39.8 Å². The lowest BCUT2D eigenvalue weighted by atomic mass is 9.94. The van der Waals surface area contributed by atoms with Crippen LogP contribution in [0.5, 0.6) is 5.75 Å². The van der Waals surface area contributed by atoms with Crippen molar-refractivity contribution in [2.75, 3.05) is 6.61 Å². The van der Waals surface area contributed by atoms with Crippen LogP contribution < -0.4 is 10.5 Å². The average Bonchev–Trinajstić information content (AvgIpc) is 2.93. The normalized spacial score (nSPS) is 21.2. The molecule has 1 aliphatic rings. The van der Waals surface area contributed by atoms with Crippen LogP contribution >= 0.6 is 0 Å². The molecule has 0 aromatic heterocycles. The summed E-state index contributed by atoms with van der Waals surface area (Å²) in [5, 5.41) is 0. The SMILES string of the molecule is CCCC(=O)Oc1ccc(CC(C)(N)C(=O)O[C@@H]2OCC(OC(=O)CCC)[C@H](OC(=O)CCC)[C@H]2OC(=O)CCC)cc1. The number of ether oxygens (including phenoxy) is 6. The van der Waals surface area contributed by atoms with E-state index in [9.17, 15) is 24.0 Å². The van der Waals surface area contributed by atoms with Crippen LogP contribution in [0.15, 0.2) is 24.3 Å². The molecular weight excluding hydrogens is 562 g/mol. The van der Waals surface area contributed by atoms with E-state index in [1.807, 2.05) is 13.8 Å². The molecule has 1 saturated heterocycles. The van der Waals surface area contributed by atoms with Crippen molar-refractivity contribution < 1.29 is 52.4 Å². The van der Waals surface area contributed by atoms with Crippen LogP contribution in [0, 0.1) is 0 Å². The highest BCUT2D eigenvalue weighted by molar-refractivity contribution is 5.81. The molecule has 1 aliphatic heterocycles. The van der Waals surface area contributed by atoms with E-state index in [1.165, 1.54) is 6.92 Å². The Labute approximate surface area is 252 Å². The fourth-order valence-corrected chi connectivity index (χ4v) is 4.27. The lowest BCUT2D eigenvalue weighted by Crippen LogP contribution is -2.60. The Hall–Kier alpha value is -3.51. The van der Waals surface area contributed by atoms with Crippen molar-refractivity contribution >= 4 is 29.8 Å². The van der Waals surface area contributed by atoms with Crippen LogP contribution in [-0.2, 0) is 54.1 Å². The van der Waals surface area contributed by atoms with Gasteiger partial charge in [0.2, 0.25) is 12.4 Å². The first-order chi connectivity index (χ1) is 20.4. The number of benzene rings is 1. The second-order valence-corrected chi connectivity index (χ2v) is 10.8. The zero-order chi connectivity index (χ0) is 32.0. The molecule has 1 aromatic carbocycles. The van der Waals surface area contributed by atoms with Crippen molar-refractivity contribution in [1.82, 2.24) is 0 Å². The van der Waals surface area contributed by atoms with Gasteiger partial charge in [0.25, 0.3) is 0 Å². The molecule has 0 bridgehead atoms.